The van der Waals surface area contributed by atoms with Gasteiger partial charge in [-0.15, -0.1) is 0 Å². The fourth-order valence-electron chi connectivity index (χ4n) is 2.19. The van der Waals surface area contributed by atoms with E-state index >= 15 is 0 Å². The third-order valence-corrected chi connectivity index (χ3v) is 4.48. The summed E-state index contributed by atoms with van der Waals surface area (Å²) in [5, 5.41) is 14.7. The number of aliphatic hydroxyl groups is 1. The van der Waals surface area contributed by atoms with E-state index < -0.39 is 0 Å². The summed E-state index contributed by atoms with van der Waals surface area (Å²) >= 11 is 1.48. The molecule has 0 fully saturated rings. The third kappa shape index (κ3) is 2.52. The Hall–Kier alpha value is -1.92. The van der Waals surface area contributed by atoms with Gasteiger partial charge in [0.2, 0.25) is 4.96 Å². The van der Waals surface area contributed by atoms with Gasteiger partial charge in [-0.3, -0.25) is 0 Å². The predicted octanol–water partition coefficient (Wildman–Crippen LogP) is 2.79. The van der Waals surface area contributed by atoms with Crippen LogP contribution in [0.1, 0.15) is 27.5 Å². The second-order valence-corrected chi connectivity index (χ2v) is 6.02. The van der Waals surface area contributed by atoms with Crippen molar-refractivity contribution in [2.24, 2.45) is 0 Å². The SMILES string of the molecule is Cc1cccc(OCc2nn3c(CO)c(C)nc3s2)c1C. The average Bonchev–Trinajstić information content (AvgIpc) is 2.96. The monoisotopic (exact) mass is 303 g/mol. The predicted molar refractivity (Wildman–Crippen MR) is 81.8 cm³/mol. The maximum atomic E-state index is 9.36. The molecule has 0 saturated carbocycles. The van der Waals surface area contributed by atoms with Crippen LogP contribution in [-0.4, -0.2) is 19.7 Å². The first-order valence-electron chi connectivity index (χ1n) is 6.74. The van der Waals surface area contributed by atoms with Crippen molar-refractivity contribution < 1.29 is 9.84 Å². The van der Waals surface area contributed by atoms with Crippen molar-refractivity contribution in [2.45, 2.75) is 34.0 Å². The van der Waals surface area contributed by atoms with Crippen molar-refractivity contribution >= 4 is 16.3 Å². The minimum atomic E-state index is -0.0615. The molecule has 21 heavy (non-hydrogen) atoms. The van der Waals surface area contributed by atoms with E-state index in [1.807, 2.05) is 26.0 Å². The molecule has 2 aromatic heterocycles. The smallest absolute Gasteiger partial charge is 0.212 e. The molecule has 0 spiro atoms. The maximum Gasteiger partial charge on any atom is 0.212 e. The highest BCUT2D eigenvalue weighted by Gasteiger charge is 2.13. The quantitative estimate of drug-likeness (QED) is 0.805. The summed E-state index contributed by atoms with van der Waals surface area (Å²) in [6.07, 6.45) is 0. The van der Waals surface area contributed by atoms with E-state index in [2.05, 4.69) is 23.1 Å². The van der Waals surface area contributed by atoms with Gasteiger partial charge in [0.15, 0.2) is 5.01 Å². The molecule has 2 heterocycles. The van der Waals surface area contributed by atoms with Crippen LogP contribution in [0.4, 0.5) is 0 Å². The van der Waals surface area contributed by atoms with Gasteiger partial charge in [0.25, 0.3) is 0 Å². The molecule has 0 aliphatic rings. The number of nitrogens with zero attached hydrogens (tertiary/aromatic N) is 3. The van der Waals surface area contributed by atoms with Gasteiger partial charge in [-0.25, -0.2) is 9.50 Å². The number of hydrogen-bond acceptors (Lipinski definition) is 5. The summed E-state index contributed by atoms with van der Waals surface area (Å²) < 4.78 is 7.55. The van der Waals surface area contributed by atoms with Gasteiger partial charge in [0.05, 0.1) is 18.0 Å². The van der Waals surface area contributed by atoms with Gasteiger partial charge < -0.3 is 9.84 Å². The summed E-state index contributed by atoms with van der Waals surface area (Å²) in [6, 6.07) is 6.01. The first kappa shape index (κ1) is 14.0. The Labute approximate surface area is 126 Å². The van der Waals surface area contributed by atoms with Crippen molar-refractivity contribution in [2.75, 3.05) is 0 Å². The van der Waals surface area contributed by atoms with Crippen molar-refractivity contribution in [3.63, 3.8) is 0 Å². The van der Waals surface area contributed by atoms with E-state index in [-0.39, 0.29) is 6.61 Å². The molecule has 0 saturated heterocycles. The van der Waals surface area contributed by atoms with E-state index in [4.69, 9.17) is 4.74 Å². The number of benzene rings is 1. The Kier molecular flexibility index (Phi) is 3.65. The van der Waals surface area contributed by atoms with E-state index in [0.29, 0.717) is 6.61 Å². The fourth-order valence-corrected chi connectivity index (χ4v) is 3.06. The molecule has 0 radical (unpaired) electrons. The molecule has 3 rings (SSSR count). The highest BCUT2D eigenvalue weighted by atomic mass is 32.1. The highest BCUT2D eigenvalue weighted by molar-refractivity contribution is 7.16. The molecule has 3 aromatic rings. The van der Waals surface area contributed by atoms with Gasteiger partial charge in [-0.1, -0.05) is 23.5 Å². The number of fused-ring (bicyclic) bond motifs is 1. The number of hydrogen-bond donors (Lipinski definition) is 1. The van der Waals surface area contributed by atoms with Gasteiger partial charge >= 0.3 is 0 Å². The molecule has 0 unspecified atom stereocenters. The summed E-state index contributed by atoms with van der Waals surface area (Å²) in [5.41, 5.74) is 3.91. The molecule has 0 atom stereocenters. The van der Waals surface area contributed by atoms with Crippen LogP contribution in [0.25, 0.3) is 4.96 Å². The summed E-state index contributed by atoms with van der Waals surface area (Å²) in [5.74, 6) is 0.876. The first-order valence-corrected chi connectivity index (χ1v) is 7.55. The third-order valence-electron chi connectivity index (χ3n) is 3.59. The Morgan fingerprint density at radius 3 is 2.86 bits per heavy atom. The molecule has 1 N–H and O–H groups in total. The number of ether oxygens (including phenoxy) is 1. The van der Waals surface area contributed by atoms with Crippen molar-refractivity contribution in [3.8, 4) is 5.75 Å². The lowest BCUT2D eigenvalue weighted by Crippen LogP contribution is -2.00. The summed E-state index contributed by atoms with van der Waals surface area (Å²) in [4.78, 5) is 5.18. The van der Waals surface area contributed by atoms with Crippen molar-refractivity contribution in [1.29, 1.82) is 0 Å². The molecular formula is C15H17N3O2S. The zero-order valence-electron chi connectivity index (χ0n) is 12.3. The van der Waals surface area contributed by atoms with Crippen LogP contribution in [0.3, 0.4) is 0 Å². The highest BCUT2D eigenvalue weighted by Crippen LogP contribution is 2.23. The molecule has 6 heteroatoms. The second-order valence-electron chi connectivity index (χ2n) is 4.98. The average molecular weight is 303 g/mol. The van der Waals surface area contributed by atoms with Gasteiger partial charge in [-0.2, -0.15) is 5.10 Å². The number of rotatable bonds is 4. The van der Waals surface area contributed by atoms with Crippen LogP contribution in [0.15, 0.2) is 18.2 Å². The molecule has 110 valence electrons. The standard InChI is InChI=1S/C15H17N3O2S/c1-9-5-4-6-13(10(9)2)20-8-14-17-18-12(7-19)11(3)16-15(18)21-14/h4-6,19H,7-8H2,1-3H3. The lowest BCUT2D eigenvalue weighted by molar-refractivity contribution is 0.272. The molecule has 0 aliphatic carbocycles. The van der Waals surface area contributed by atoms with Crippen LogP contribution < -0.4 is 4.74 Å². The number of aromatic nitrogens is 3. The molecule has 0 aliphatic heterocycles. The Bertz CT molecular complexity index is 792. The van der Waals surface area contributed by atoms with Crippen molar-refractivity contribution in [1.82, 2.24) is 14.6 Å². The lowest BCUT2D eigenvalue weighted by atomic mass is 10.1. The van der Waals surface area contributed by atoms with Crippen LogP contribution in [0.5, 0.6) is 5.75 Å². The van der Waals surface area contributed by atoms with Gasteiger partial charge in [0, 0.05) is 0 Å². The maximum absolute atomic E-state index is 9.36. The number of imidazole rings is 1. The minimum absolute atomic E-state index is 0.0615. The van der Waals surface area contributed by atoms with Crippen LogP contribution in [0, 0.1) is 20.8 Å². The Morgan fingerprint density at radius 2 is 2.10 bits per heavy atom. The van der Waals surface area contributed by atoms with E-state index in [0.717, 1.165) is 32.7 Å². The zero-order valence-corrected chi connectivity index (χ0v) is 13.1. The molecule has 0 bridgehead atoms. The number of aliphatic hydroxyl groups excluding tert-OH is 1. The summed E-state index contributed by atoms with van der Waals surface area (Å²) in [7, 11) is 0. The second kappa shape index (κ2) is 5.46. The van der Waals surface area contributed by atoms with Gasteiger partial charge in [-0.05, 0) is 38.0 Å². The van der Waals surface area contributed by atoms with Crippen LogP contribution in [-0.2, 0) is 13.2 Å². The normalized spacial score (nSPS) is 11.2. The first-order chi connectivity index (χ1) is 10.1. The Morgan fingerprint density at radius 1 is 1.29 bits per heavy atom. The lowest BCUT2D eigenvalue weighted by Gasteiger charge is -2.09. The van der Waals surface area contributed by atoms with Gasteiger partial charge in [0.1, 0.15) is 12.4 Å². The molecular weight excluding hydrogens is 286 g/mol. The Balaban J connectivity index is 1.82. The molecule has 1 aromatic carbocycles. The zero-order chi connectivity index (χ0) is 15.0. The fraction of sp³-hybridized carbons (Fsp3) is 0.333. The molecule has 0 amide bonds. The van der Waals surface area contributed by atoms with Crippen LogP contribution >= 0.6 is 11.3 Å². The van der Waals surface area contributed by atoms with E-state index in [9.17, 15) is 5.11 Å². The van der Waals surface area contributed by atoms with Crippen LogP contribution in [0.2, 0.25) is 0 Å². The van der Waals surface area contributed by atoms with E-state index in [1.54, 1.807) is 4.52 Å². The minimum Gasteiger partial charge on any atom is -0.486 e. The molecule has 5 nitrogen and oxygen atoms in total. The topological polar surface area (TPSA) is 59.7 Å². The van der Waals surface area contributed by atoms with E-state index in [1.165, 1.54) is 16.9 Å². The number of aryl methyl sites for hydroxylation is 2. The largest absolute Gasteiger partial charge is 0.486 e. The van der Waals surface area contributed by atoms with Crippen molar-refractivity contribution in [3.05, 3.63) is 45.7 Å². The summed E-state index contributed by atoms with van der Waals surface area (Å²) in [6.45, 7) is 6.33.